The second kappa shape index (κ2) is 5.47. The van der Waals surface area contributed by atoms with Crippen molar-refractivity contribution in [2.24, 2.45) is 0 Å². The number of ether oxygens (including phenoxy) is 1. The standard InChI is InChI=1S/C9H13N3OS/c1-13-4-2-3-12-9-5-7(11)8(6-10)14-9/h5,12H,2-4,11H2,1H3. The molecule has 1 aromatic heterocycles. The molecular formula is C9H13N3OS. The third-order valence-electron chi connectivity index (χ3n) is 1.69. The summed E-state index contributed by atoms with van der Waals surface area (Å²) in [7, 11) is 1.68. The van der Waals surface area contributed by atoms with Gasteiger partial charge in [-0.1, -0.05) is 0 Å². The first-order chi connectivity index (χ1) is 6.77. The third-order valence-corrected chi connectivity index (χ3v) is 2.70. The summed E-state index contributed by atoms with van der Waals surface area (Å²) in [6.07, 6.45) is 0.941. The van der Waals surface area contributed by atoms with Crippen molar-refractivity contribution >= 4 is 22.0 Å². The molecule has 0 bridgehead atoms. The number of nitriles is 1. The fourth-order valence-electron chi connectivity index (χ4n) is 1.01. The Hall–Kier alpha value is -1.25. The summed E-state index contributed by atoms with van der Waals surface area (Å²) in [5.41, 5.74) is 6.15. The molecule has 0 spiro atoms. The number of nitrogens with zero attached hydrogens (tertiary/aromatic N) is 1. The molecule has 0 saturated carbocycles. The van der Waals surface area contributed by atoms with E-state index in [9.17, 15) is 0 Å². The van der Waals surface area contributed by atoms with Crippen LogP contribution in [0.25, 0.3) is 0 Å². The van der Waals surface area contributed by atoms with E-state index >= 15 is 0 Å². The summed E-state index contributed by atoms with van der Waals surface area (Å²) in [6, 6.07) is 3.83. The van der Waals surface area contributed by atoms with Crippen LogP contribution >= 0.6 is 11.3 Å². The van der Waals surface area contributed by atoms with Crippen LogP contribution in [0.1, 0.15) is 11.3 Å². The SMILES string of the molecule is COCCCNc1cc(N)c(C#N)s1. The lowest BCUT2D eigenvalue weighted by atomic mass is 10.4. The lowest BCUT2D eigenvalue weighted by molar-refractivity contribution is 0.198. The maximum absolute atomic E-state index is 8.67. The fraction of sp³-hybridized carbons (Fsp3) is 0.444. The molecule has 3 N–H and O–H groups in total. The monoisotopic (exact) mass is 211 g/mol. The van der Waals surface area contributed by atoms with E-state index in [2.05, 4.69) is 5.32 Å². The molecule has 0 unspecified atom stereocenters. The van der Waals surface area contributed by atoms with Crippen molar-refractivity contribution in [2.75, 3.05) is 31.3 Å². The second-order valence-corrected chi connectivity index (χ2v) is 3.83. The first-order valence-electron chi connectivity index (χ1n) is 4.30. The first kappa shape index (κ1) is 10.8. The molecule has 0 radical (unpaired) electrons. The van der Waals surface area contributed by atoms with Crippen molar-refractivity contribution in [3.8, 4) is 6.07 Å². The molecule has 0 aliphatic rings. The van der Waals surface area contributed by atoms with Crippen LogP contribution in [0.3, 0.4) is 0 Å². The summed E-state index contributed by atoms with van der Waals surface area (Å²) in [6.45, 7) is 1.57. The molecule has 14 heavy (non-hydrogen) atoms. The van der Waals surface area contributed by atoms with E-state index in [0.717, 1.165) is 24.6 Å². The van der Waals surface area contributed by atoms with Crippen molar-refractivity contribution in [3.05, 3.63) is 10.9 Å². The minimum Gasteiger partial charge on any atom is -0.397 e. The van der Waals surface area contributed by atoms with Crippen molar-refractivity contribution in [2.45, 2.75) is 6.42 Å². The summed E-state index contributed by atoms with van der Waals surface area (Å²) >= 11 is 1.38. The van der Waals surface area contributed by atoms with Gasteiger partial charge in [0.05, 0.1) is 10.7 Å². The zero-order valence-corrected chi connectivity index (χ0v) is 8.86. The number of methoxy groups -OCH3 is 1. The summed E-state index contributed by atoms with van der Waals surface area (Å²) in [5, 5.41) is 12.8. The molecule has 1 aromatic rings. The van der Waals surface area contributed by atoms with E-state index in [1.54, 1.807) is 13.2 Å². The highest BCUT2D eigenvalue weighted by Crippen LogP contribution is 2.27. The summed E-state index contributed by atoms with van der Waals surface area (Å²) in [5.74, 6) is 0. The van der Waals surface area contributed by atoms with Gasteiger partial charge in [0.25, 0.3) is 0 Å². The van der Waals surface area contributed by atoms with Crippen LogP contribution in [0.15, 0.2) is 6.07 Å². The maximum atomic E-state index is 8.67. The average Bonchev–Trinajstić information content (AvgIpc) is 2.54. The van der Waals surface area contributed by atoms with E-state index in [0.29, 0.717) is 10.6 Å². The quantitative estimate of drug-likeness (QED) is 0.726. The van der Waals surface area contributed by atoms with Gasteiger partial charge in [-0.2, -0.15) is 5.26 Å². The Morgan fingerprint density at radius 3 is 3.07 bits per heavy atom. The topological polar surface area (TPSA) is 71.1 Å². The fourth-order valence-corrected chi connectivity index (χ4v) is 1.81. The largest absolute Gasteiger partial charge is 0.397 e. The molecule has 1 heterocycles. The molecule has 4 nitrogen and oxygen atoms in total. The lowest BCUT2D eigenvalue weighted by Gasteiger charge is -2.01. The van der Waals surface area contributed by atoms with Gasteiger partial charge in [0.1, 0.15) is 10.9 Å². The van der Waals surface area contributed by atoms with Gasteiger partial charge in [0.15, 0.2) is 0 Å². The van der Waals surface area contributed by atoms with Crippen molar-refractivity contribution in [1.29, 1.82) is 5.26 Å². The number of hydrogen-bond donors (Lipinski definition) is 2. The number of thiophene rings is 1. The molecule has 0 saturated heterocycles. The van der Waals surface area contributed by atoms with Crippen LogP contribution in [0.4, 0.5) is 10.7 Å². The number of hydrogen-bond acceptors (Lipinski definition) is 5. The predicted octanol–water partition coefficient (Wildman–Crippen LogP) is 1.65. The molecule has 0 aliphatic carbocycles. The highest BCUT2D eigenvalue weighted by Gasteiger charge is 2.04. The third kappa shape index (κ3) is 2.91. The molecule has 0 amide bonds. The Morgan fingerprint density at radius 2 is 2.50 bits per heavy atom. The van der Waals surface area contributed by atoms with Crippen LogP contribution in [0.2, 0.25) is 0 Å². The highest BCUT2D eigenvalue weighted by molar-refractivity contribution is 7.17. The first-order valence-corrected chi connectivity index (χ1v) is 5.11. The van der Waals surface area contributed by atoms with E-state index in [4.69, 9.17) is 15.7 Å². The molecule has 5 heteroatoms. The number of nitrogen functional groups attached to an aromatic ring is 1. The number of rotatable bonds is 5. The smallest absolute Gasteiger partial charge is 0.129 e. The minimum atomic E-state index is 0.548. The van der Waals surface area contributed by atoms with Gasteiger partial charge >= 0.3 is 0 Å². The van der Waals surface area contributed by atoms with E-state index in [1.165, 1.54) is 11.3 Å². The van der Waals surface area contributed by atoms with E-state index in [-0.39, 0.29) is 0 Å². The zero-order valence-electron chi connectivity index (χ0n) is 8.04. The molecule has 0 aromatic carbocycles. The van der Waals surface area contributed by atoms with Crippen molar-refractivity contribution in [1.82, 2.24) is 0 Å². The second-order valence-electron chi connectivity index (χ2n) is 2.78. The molecule has 76 valence electrons. The highest BCUT2D eigenvalue weighted by atomic mass is 32.1. The number of nitrogens with two attached hydrogens (primary N) is 1. The van der Waals surface area contributed by atoms with Crippen molar-refractivity contribution < 1.29 is 4.74 Å². The Kier molecular flexibility index (Phi) is 4.23. The number of nitrogens with one attached hydrogen (secondary N) is 1. The molecular weight excluding hydrogens is 198 g/mol. The summed E-state index contributed by atoms with van der Waals surface area (Å²) < 4.78 is 4.92. The van der Waals surface area contributed by atoms with Crippen LogP contribution in [0.5, 0.6) is 0 Å². The Balaban J connectivity index is 2.40. The van der Waals surface area contributed by atoms with Gasteiger partial charge in [-0.3, -0.25) is 0 Å². The van der Waals surface area contributed by atoms with Crippen LogP contribution < -0.4 is 11.1 Å². The van der Waals surface area contributed by atoms with Crippen molar-refractivity contribution in [3.63, 3.8) is 0 Å². The van der Waals surface area contributed by atoms with E-state index in [1.807, 2.05) is 6.07 Å². The Bertz CT molecular complexity index is 329. The normalized spacial score (nSPS) is 9.71. The van der Waals surface area contributed by atoms with Gasteiger partial charge in [-0.25, -0.2) is 0 Å². The van der Waals surface area contributed by atoms with Crippen LogP contribution in [-0.2, 0) is 4.74 Å². The van der Waals surface area contributed by atoms with Gasteiger partial charge in [0, 0.05) is 20.3 Å². The van der Waals surface area contributed by atoms with E-state index < -0.39 is 0 Å². The molecule has 1 rings (SSSR count). The van der Waals surface area contributed by atoms with Crippen LogP contribution in [0, 0.1) is 11.3 Å². The van der Waals surface area contributed by atoms with Gasteiger partial charge < -0.3 is 15.8 Å². The Labute approximate surface area is 87.3 Å². The Morgan fingerprint density at radius 1 is 1.71 bits per heavy atom. The predicted molar refractivity (Wildman–Crippen MR) is 58.4 cm³/mol. The van der Waals surface area contributed by atoms with Gasteiger partial charge in [-0.15, -0.1) is 11.3 Å². The molecule has 0 fully saturated rings. The molecule has 0 aliphatic heterocycles. The zero-order chi connectivity index (χ0) is 10.4. The van der Waals surface area contributed by atoms with Gasteiger partial charge in [-0.05, 0) is 12.5 Å². The number of anilines is 2. The maximum Gasteiger partial charge on any atom is 0.129 e. The average molecular weight is 211 g/mol. The summed E-state index contributed by atoms with van der Waals surface area (Å²) in [4.78, 5) is 0.569. The van der Waals surface area contributed by atoms with Gasteiger partial charge in [0.2, 0.25) is 0 Å². The van der Waals surface area contributed by atoms with Crippen LogP contribution in [-0.4, -0.2) is 20.3 Å². The molecule has 0 atom stereocenters. The lowest BCUT2D eigenvalue weighted by Crippen LogP contribution is -2.02. The minimum absolute atomic E-state index is 0.548.